The lowest BCUT2D eigenvalue weighted by Crippen LogP contribution is -2.55. The van der Waals surface area contributed by atoms with Crippen molar-refractivity contribution < 1.29 is 14.7 Å². The number of likely N-dealkylation sites (tertiary alicyclic amines) is 1. The van der Waals surface area contributed by atoms with Crippen LogP contribution in [0.25, 0.3) is 0 Å². The summed E-state index contributed by atoms with van der Waals surface area (Å²) in [5.41, 5.74) is 5.97. The highest BCUT2D eigenvalue weighted by molar-refractivity contribution is 5.80. The Labute approximate surface area is 101 Å². The molecule has 0 spiro atoms. The van der Waals surface area contributed by atoms with Crippen molar-refractivity contribution in [3.63, 3.8) is 0 Å². The van der Waals surface area contributed by atoms with E-state index in [0.29, 0.717) is 13.1 Å². The quantitative estimate of drug-likeness (QED) is 0.749. The Morgan fingerprint density at radius 2 is 1.88 bits per heavy atom. The molecule has 2 atom stereocenters. The van der Waals surface area contributed by atoms with Gasteiger partial charge in [-0.25, -0.2) is 0 Å². The van der Waals surface area contributed by atoms with E-state index in [1.807, 2.05) is 0 Å². The van der Waals surface area contributed by atoms with Gasteiger partial charge >= 0.3 is 5.97 Å². The predicted molar refractivity (Wildman–Crippen MR) is 62.3 cm³/mol. The van der Waals surface area contributed by atoms with Crippen LogP contribution in [0.5, 0.6) is 0 Å². The molecule has 1 saturated heterocycles. The van der Waals surface area contributed by atoms with Gasteiger partial charge in [0.15, 0.2) is 0 Å². The summed E-state index contributed by atoms with van der Waals surface area (Å²) >= 11 is 0. The van der Waals surface area contributed by atoms with E-state index in [9.17, 15) is 9.59 Å². The van der Waals surface area contributed by atoms with E-state index in [4.69, 9.17) is 10.8 Å². The fraction of sp³-hybridized carbons (Fsp3) is 0.833. The zero-order chi connectivity index (χ0) is 12.4. The van der Waals surface area contributed by atoms with Gasteiger partial charge in [0.25, 0.3) is 0 Å². The number of nitrogens with two attached hydrogens (primary N) is 1. The minimum absolute atomic E-state index is 0.00484. The number of carbonyl (C=O) groups is 2. The van der Waals surface area contributed by atoms with Gasteiger partial charge in [-0.1, -0.05) is 12.8 Å². The van der Waals surface area contributed by atoms with Crippen molar-refractivity contribution in [3.05, 3.63) is 0 Å². The standard InChI is InChI=1S/C12H20N2O3/c13-10-4-2-1-3-9(10)12(17)14-6-8(7-14)5-11(15)16/h8-10H,1-7,13H2,(H,15,16). The lowest BCUT2D eigenvalue weighted by molar-refractivity contribution is -0.148. The maximum atomic E-state index is 12.1. The number of rotatable bonds is 3. The average molecular weight is 240 g/mol. The predicted octanol–water partition coefficient (Wildman–Crippen LogP) is 0.437. The Bertz CT molecular complexity index is 313. The fourth-order valence-electron chi connectivity index (χ4n) is 2.83. The van der Waals surface area contributed by atoms with Gasteiger partial charge in [-0.05, 0) is 12.8 Å². The number of carbonyl (C=O) groups excluding carboxylic acids is 1. The summed E-state index contributed by atoms with van der Waals surface area (Å²) in [7, 11) is 0. The molecule has 1 saturated carbocycles. The van der Waals surface area contributed by atoms with Gasteiger partial charge in [0.1, 0.15) is 0 Å². The summed E-state index contributed by atoms with van der Waals surface area (Å²) in [6.07, 6.45) is 4.19. The second-order valence-corrected chi connectivity index (χ2v) is 5.26. The van der Waals surface area contributed by atoms with Crippen LogP contribution < -0.4 is 5.73 Å². The Morgan fingerprint density at radius 3 is 2.47 bits per heavy atom. The summed E-state index contributed by atoms with van der Waals surface area (Å²) < 4.78 is 0. The smallest absolute Gasteiger partial charge is 0.303 e. The van der Waals surface area contributed by atoms with E-state index in [2.05, 4.69) is 0 Å². The average Bonchev–Trinajstić information content (AvgIpc) is 2.22. The van der Waals surface area contributed by atoms with Crippen LogP contribution >= 0.6 is 0 Å². The molecular weight excluding hydrogens is 220 g/mol. The highest BCUT2D eigenvalue weighted by Crippen LogP contribution is 2.28. The number of carboxylic acid groups (broad SMARTS) is 1. The Hall–Kier alpha value is -1.10. The zero-order valence-electron chi connectivity index (χ0n) is 9.97. The van der Waals surface area contributed by atoms with Crippen LogP contribution in [0, 0.1) is 11.8 Å². The topological polar surface area (TPSA) is 83.6 Å². The first-order valence-corrected chi connectivity index (χ1v) is 6.34. The molecule has 3 N–H and O–H groups in total. The molecule has 0 bridgehead atoms. The lowest BCUT2D eigenvalue weighted by Gasteiger charge is -2.42. The maximum absolute atomic E-state index is 12.1. The first kappa shape index (κ1) is 12.4. The zero-order valence-corrected chi connectivity index (χ0v) is 9.97. The molecule has 1 aliphatic carbocycles. The molecule has 0 radical (unpaired) electrons. The molecule has 0 aromatic rings. The van der Waals surface area contributed by atoms with E-state index < -0.39 is 5.97 Å². The Balaban J connectivity index is 1.80. The van der Waals surface area contributed by atoms with Crippen molar-refractivity contribution in [3.8, 4) is 0 Å². The number of nitrogens with zero attached hydrogens (tertiary/aromatic N) is 1. The normalized spacial score (nSPS) is 29.8. The van der Waals surface area contributed by atoms with Crippen molar-refractivity contribution in [1.82, 2.24) is 4.90 Å². The highest BCUT2D eigenvalue weighted by atomic mass is 16.4. The molecule has 1 aliphatic heterocycles. The van der Waals surface area contributed by atoms with Crippen molar-refractivity contribution in [2.75, 3.05) is 13.1 Å². The minimum Gasteiger partial charge on any atom is -0.481 e. The molecule has 5 heteroatoms. The van der Waals surface area contributed by atoms with Gasteiger partial charge in [0.2, 0.25) is 5.91 Å². The van der Waals surface area contributed by atoms with Gasteiger partial charge in [0.05, 0.1) is 12.3 Å². The molecule has 0 aromatic carbocycles. The van der Waals surface area contributed by atoms with Crippen molar-refractivity contribution in [2.45, 2.75) is 38.1 Å². The molecule has 17 heavy (non-hydrogen) atoms. The van der Waals surface area contributed by atoms with Crippen molar-refractivity contribution >= 4 is 11.9 Å². The minimum atomic E-state index is -0.781. The molecule has 2 unspecified atom stereocenters. The van der Waals surface area contributed by atoms with Crippen LogP contribution in [0.1, 0.15) is 32.1 Å². The summed E-state index contributed by atoms with van der Waals surface area (Å²) in [6.45, 7) is 1.18. The first-order valence-electron chi connectivity index (χ1n) is 6.34. The second-order valence-electron chi connectivity index (χ2n) is 5.26. The fourth-order valence-corrected chi connectivity index (χ4v) is 2.83. The van der Waals surface area contributed by atoms with Gasteiger partial charge < -0.3 is 15.7 Å². The maximum Gasteiger partial charge on any atom is 0.303 e. The van der Waals surface area contributed by atoms with E-state index in [-0.39, 0.29) is 30.2 Å². The Morgan fingerprint density at radius 1 is 1.24 bits per heavy atom. The largest absolute Gasteiger partial charge is 0.481 e. The second kappa shape index (κ2) is 5.04. The third-order valence-electron chi connectivity index (χ3n) is 3.87. The van der Waals surface area contributed by atoms with E-state index >= 15 is 0 Å². The molecule has 5 nitrogen and oxygen atoms in total. The monoisotopic (exact) mass is 240 g/mol. The highest BCUT2D eigenvalue weighted by Gasteiger charge is 2.38. The van der Waals surface area contributed by atoms with Crippen LogP contribution in [0.2, 0.25) is 0 Å². The van der Waals surface area contributed by atoms with E-state index in [1.54, 1.807) is 4.90 Å². The SMILES string of the molecule is NC1CCCCC1C(=O)N1CC(CC(=O)O)C1. The number of carboxylic acids is 1. The van der Waals surface area contributed by atoms with Crippen molar-refractivity contribution in [1.29, 1.82) is 0 Å². The van der Waals surface area contributed by atoms with E-state index in [0.717, 1.165) is 25.7 Å². The Kier molecular flexibility index (Phi) is 3.66. The van der Waals surface area contributed by atoms with Gasteiger partial charge in [-0.2, -0.15) is 0 Å². The van der Waals surface area contributed by atoms with Crippen LogP contribution in [0.4, 0.5) is 0 Å². The summed E-state index contributed by atoms with van der Waals surface area (Å²) in [5.74, 6) is -0.541. The lowest BCUT2D eigenvalue weighted by atomic mass is 9.82. The number of hydrogen-bond donors (Lipinski definition) is 2. The summed E-state index contributed by atoms with van der Waals surface area (Å²) in [6, 6.07) is -0.00484. The van der Waals surface area contributed by atoms with Crippen LogP contribution in [-0.2, 0) is 9.59 Å². The molecule has 96 valence electrons. The first-order chi connectivity index (χ1) is 8.08. The molecule has 2 aliphatic rings. The third-order valence-corrected chi connectivity index (χ3v) is 3.87. The molecule has 1 heterocycles. The molecule has 2 rings (SSSR count). The van der Waals surface area contributed by atoms with Gasteiger partial charge in [-0.3, -0.25) is 9.59 Å². The van der Waals surface area contributed by atoms with Crippen LogP contribution in [-0.4, -0.2) is 41.0 Å². The molecular formula is C12H20N2O3. The third kappa shape index (κ3) is 2.77. The summed E-state index contributed by atoms with van der Waals surface area (Å²) in [5, 5.41) is 8.64. The van der Waals surface area contributed by atoms with Crippen LogP contribution in [0.3, 0.4) is 0 Å². The van der Waals surface area contributed by atoms with Gasteiger partial charge in [0, 0.05) is 25.0 Å². The molecule has 0 aromatic heterocycles. The van der Waals surface area contributed by atoms with Crippen molar-refractivity contribution in [2.24, 2.45) is 17.6 Å². The van der Waals surface area contributed by atoms with E-state index in [1.165, 1.54) is 0 Å². The number of amides is 1. The molecule has 2 fully saturated rings. The number of aliphatic carboxylic acids is 1. The summed E-state index contributed by atoms with van der Waals surface area (Å²) in [4.78, 5) is 24.4. The van der Waals surface area contributed by atoms with Crippen LogP contribution in [0.15, 0.2) is 0 Å². The number of hydrogen-bond acceptors (Lipinski definition) is 3. The molecule has 1 amide bonds. The van der Waals surface area contributed by atoms with Gasteiger partial charge in [-0.15, -0.1) is 0 Å².